The van der Waals surface area contributed by atoms with Gasteiger partial charge in [-0.1, -0.05) is 0 Å². The van der Waals surface area contributed by atoms with E-state index in [1.54, 1.807) is 13.0 Å². The van der Waals surface area contributed by atoms with Gasteiger partial charge < -0.3 is 10.0 Å². The third kappa shape index (κ3) is 3.52. The van der Waals surface area contributed by atoms with Crippen molar-refractivity contribution in [3.8, 4) is 0 Å². The Morgan fingerprint density at radius 3 is 2.56 bits per heavy atom. The number of carboxylic acid groups (broad SMARTS) is 1. The zero-order chi connectivity index (χ0) is 12.0. The summed E-state index contributed by atoms with van der Waals surface area (Å²) in [5.41, 5.74) is 0. The summed E-state index contributed by atoms with van der Waals surface area (Å²) in [5, 5.41) is 11.0. The highest BCUT2D eigenvalue weighted by atomic mass is 16.4. The van der Waals surface area contributed by atoms with Gasteiger partial charge in [0.05, 0.1) is 0 Å². The lowest BCUT2D eigenvalue weighted by Crippen LogP contribution is -2.38. The van der Waals surface area contributed by atoms with Gasteiger partial charge in [-0.25, -0.2) is 14.8 Å². The minimum atomic E-state index is -1.06. The number of likely N-dealkylation sites (N-methyl/N-ethyl adjacent to an activating group) is 1. The number of nitrogens with zero attached hydrogens (tertiary/aromatic N) is 3. The van der Waals surface area contributed by atoms with E-state index in [0.29, 0.717) is 6.54 Å². The molecule has 0 bridgehead atoms. The number of hydrogen-bond acceptors (Lipinski definition) is 4. The average Bonchev–Trinajstić information content (AvgIpc) is 2.26. The largest absolute Gasteiger partial charge is 0.480 e. The number of carbonyl (C=O) groups is 2. The number of aliphatic carboxylic acids is 1. The Morgan fingerprint density at radius 2 is 2.06 bits per heavy atom. The van der Waals surface area contributed by atoms with Gasteiger partial charge in [0, 0.05) is 18.9 Å². The molecule has 0 aliphatic heterocycles. The number of carboxylic acids is 1. The molecule has 16 heavy (non-hydrogen) atoms. The molecule has 2 N–H and O–H groups in total. The van der Waals surface area contributed by atoms with E-state index >= 15 is 0 Å². The lowest BCUT2D eigenvalue weighted by atomic mass is 10.5. The third-order valence-corrected chi connectivity index (χ3v) is 1.78. The molecule has 1 rings (SSSR count). The van der Waals surface area contributed by atoms with Gasteiger partial charge in [0.1, 0.15) is 6.54 Å². The second-order valence-electron chi connectivity index (χ2n) is 2.91. The van der Waals surface area contributed by atoms with Gasteiger partial charge in [-0.3, -0.25) is 10.1 Å². The Labute approximate surface area is 92.1 Å². The Kier molecular flexibility index (Phi) is 4.19. The number of anilines is 1. The maximum absolute atomic E-state index is 11.6. The van der Waals surface area contributed by atoms with Crippen LogP contribution in [-0.2, 0) is 4.79 Å². The number of aromatic nitrogens is 2. The van der Waals surface area contributed by atoms with E-state index in [2.05, 4.69) is 15.3 Å². The van der Waals surface area contributed by atoms with E-state index in [9.17, 15) is 9.59 Å². The first-order chi connectivity index (χ1) is 7.63. The van der Waals surface area contributed by atoms with E-state index in [1.807, 2.05) is 0 Å². The molecule has 7 nitrogen and oxygen atoms in total. The SMILES string of the molecule is CCN(CC(=O)O)C(=O)Nc1ncccn1. The molecular formula is C9H12N4O3. The van der Waals surface area contributed by atoms with Crippen LogP contribution >= 0.6 is 0 Å². The molecule has 0 unspecified atom stereocenters. The van der Waals surface area contributed by atoms with E-state index < -0.39 is 12.0 Å². The van der Waals surface area contributed by atoms with Gasteiger partial charge in [-0.2, -0.15) is 0 Å². The van der Waals surface area contributed by atoms with Crippen LogP contribution in [0.15, 0.2) is 18.5 Å². The van der Waals surface area contributed by atoms with Gasteiger partial charge in [0.25, 0.3) is 0 Å². The van der Waals surface area contributed by atoms with Crippen LogP contribution in [0.2, 0.25) is 0 Å². The molecule has 0 saturated heterocycles. The predicted molar refractivity (Wildman–Crippen MR) is 55.9 cm³/mol. The number of amides is 2. The van der Waals surface area contributed by atoms with Crippen molar-refractivity contribution in [3.05, 3.63) is 18.5 Å². The van der Waals surface area contributed by atoms with Crippen molar-refractivity contribution in [3.63, 3.8) is 0 Å². The lowest BCUT2D eigenvalue weighted by molar-refractivity contribution is -0.137. The summed E-state index contributed by atoms with van der Waals surface area (Å²) >= 11 is 0. The zero-order valence-electron chi connectivity index (χ0n) is 8.75. The third-order valence-electron chi connectivity index (χ3n) is 1.78. The lowest BCUT2D eigenvalue weighted by Gasteiger charge is -2.18. The minimum absolute atomic E-state index is 0.149. The van der Waals surface area contributed by atoms with Gasteiger partial charge in [0.2, 0.25) is 5.95 Å². The van der Waals surface area contributed by atoms with Gasteiger partial charge in [0.15, 0.2) is 0 Å². The average molecular weight is 224 g/mol. The monoisotopic (exact) mass is 224 g/mol. The van der Waals surface area contributed by atoms with Crippen molar-refractivity contribution in [2.24, 2.45) is 0 Å². The standard InChI is InChI=1S/C9H12N4O3/c1-2-13(6-7(14)15)9(16)12-8-10-4-3-5-11-8/h3-5H,2,6H2,1H3,(H,14,15)(H,10,11,12,16). The Bertz CT molecular complexity index is 368. The number of nitrogens with one attached hydrogen (secondary N) is 1. The molecule has 1 aromatic rings. The summed E-state index contributed by atoms with van der Waals surface area (Å²) in [6.07, 6.45) is 2.96. The summed E-state index contributed by atoms with van der Waals surface area (Å²) in [6, 6.07) is 1.08. The van der Waals surface area contributed by atoms with Crippen LogP contribution < -0.4 is 5.32 Å². The Hall–Kier alpha value is -2.18. The molecule has 7 heteroatoms. The smallest absolute Gasteiger partial charge is 0.324 e. The quantitative estimate of drug-likeness (QED) is 0.772. The van der Waals surface area contributed by atoms with Crippen LogP contribution in [0.5, 0.6) is 0 Å². The van der Waals surface area contributed by atoms with E-state index in [-0.39, 0.29) is 12.5 Å². The Morgan fingerprint density at radius 1 is 1.44 bits per heavy atom. The first kappa shape index (κ1) is 11.9. The number of urea groups is 1. The summed E-state index contributed by atoms with van der Waals surface area (Å²) in [5.74, 6) is -0.915. The van der Waals surface area contributed by atoms with Crippen molar-refractivity contribution in [1.82, 2.24) is 14.9 Å². The molecule has 1 aromatic heterocycles. The molecule has 0 atom stereocenters. The van der Waals surface area contributed by atoms with Crippen molar-refractivity contribution >= 4 is 17.9 Å². The first-order valence-electron chi connectivity index (χ1n) is 4.68. The highest BCUT2D eigenvalue weighted by molar-refractivity contribution is 5.89. The molecule has 0 aromatic carbocycles. The van der Waals surface area contributed by atoms with Crippen molar-refractivity contribution in [1.29, 1.82) is 0 Å². The fraction of sp³-hybridized carbons (Fsp3) is 0.333. The zero-order valence-corrected chi connectivity index (χ0v) is 8.75. The number of rotatable bonds is 4. The van der Waals surface area contributed by atoms with Crippen LogP contribution in [0.3, 0.4) is 0 Å². The van der Waals surface area contributed by atoms with Gasteiger partial charge in [-0.15, -0.1) is 0 Å². The molecule has 0 fully saturated rings. The molecule has 86 valence electrons. The maximum atomic E-state index is 11.6. The first-order valence-corrected chi connectivity index (χ1v) is 4.68. The fourth-order valence-electron chi connectivity index (χ4n) is 1.03. The van der Waals surface area contributed by atoms with Crippen LogP contribution in [0.25, 0.3) is 0 Å². The van der Waals surface area contributed by atoms with Gasteiger partial charge in [-0.05, 0) is 13.0 Å². The molecule has 1 heterocycles. The van der Waals surface area contributed by atoms with Crippen LogP contribution in [0, 0.1) is 0 Å². The molecule has 0 saturated carbocycles. The number of carbonyl (C=O) groups excluding carboxylic acids is 1. The maximum Gasteiger partial charge on any atom is 0.324 e. The van der Waals surface area contributed by atoms with E-state index in [4.69, 9.17) is 5.11 Å². The molecule has 0 spiro atoms. The second kappa shape index (κ2) is 5.64. The van der Waals surface area contributed by atoms with Crippen LogP contribution in [0.1, 0.15) is 6.92 Å². The van der Waals surface area contributed by atoms with Crippen molar-refractivity contribution in [2.45, 2.75) is 6.92 Å². The van der Waals surface area contributed by atoms with Crippen molar-refractivity contribution in [2.75, 3.05) is 18.4 Å². The van der Waals surface area contributed by atoms with Crippen LogP contribution in [0.4, 0.5) is 10.7 Å². The molecular weight excluding hydrogens is 212 g/mol. The highest BCUT2D eigenvalue weighted by Crippen LogP contribution is 1.98. The Balaban J connectivity index is 2.59. The summed E-state index contributed by atoms with van der Waals surface area (Å²) in [6.45, 7) is 1.63. The minimum Gasteiger partial charge on any atom is -0.480 e. The number of hydrogen-bond donors (Lipinski definition) is 2. The summed E-state index contributed by atoms with van der Waals surface area (Å²) in [7, 11) is 0. The van der Waals surface area contributed by atoms with E-state index in [1.165, 1.54) is 12.4 Å². The molecule has 2 amide bonds. The fourth-order valence-corrected chi connectivity index (χ4v) is 1.03. The van der Waals surface area contributed by atoms with E-state index in [0.717, 1.165) is 4.90 Å². The topological polar surface area (TPSA) is 95.4 Å². The molecule has 0 aliphatic rings. The molecule has 0 radical (unpaired) electrons. The normalized spacial score (nSPS) is 9.56. The predicted octanol–water partition coefficient (Wildman–Crippen LogP) is 0.415. The van der Waals surface area contributed by atoms with Crippen molar-refractivity contribution < 1.29 is 14.7 Å². The second-order valence-corrected chi connectivity index (χ2v) is 2.91. The summed E-state index contributed by atoms with van der Waals surface area (Å²) < 4.78 is 0. The molecule has 0 aliphatic carbocycles. The highest BCUT2D eigenvalue weighted by Gasteiger charge is 2.15. The van der Waals surface area contributed by atoms with Crippen LogP contribution in [-0.4, -0.2) is 45.1 Å². The summed E-state index contributed by atoms with van der Waals surface area (Å²) in [4.78, 5) is 30.8. The van der Waals surface area contributed by atoms with Gasteiger partial charge >= 0.3 is 12.0 Å².